The summed E-state index contributed by atoms with van der Waals surface area (Å²) in [6, 6.07) is 6.36. The molecule has 1 heterocycles. The lowest BCUT2D eigenvalue weighted by atomic mass is 10.1. The van der Waals surface area contributed by atoms with Crippen LogP contribution in [0.5, 0.6) is 0 Å². The second kappa shape index (κ2) is 5.23. The monoisotopic (exact) mass is 244 g/mol. The summed E-state index contributed by atoms with van der Waals surface area (Å²) in [6.07, 6.45) is 3.60. The molecule has 0 aliphatic rings. The molecular weight excluding hydrogens is 224 g/mol. The zero-order chi connectivity index (χ0) is 13.1. The molecule has 0 aliphatic heterocycles. The number of nitrogens with one attached hydrogen (secondary N) is 1. The SMILES string of the molecule is CC(CN(C)C)Nc1ccc2cnccc2c1N. The zero-order valence-electron chi connectivity index (χ0n) is 11.1. The van der Waals surface area contributed by atoms with Crippen LogP contribution in [0.25, 0.3) is 10.8 Å². The molecule has 3 N–H and O–H groups in total. The third-order valence-electron chi connectivity index (χ3n) is 2.90. The molecule has 0 fully saturated rings. The maximum Gasteiger partial charge on any atom is 0.0630 e. The maximum atomic E-state index is 6.19. The number of anilines is 2. The first-order valence-electron chi connectivity index (χ1n) is 6.11. The predicted molar refractivity (Wildman–Crippen MR) is 77.8 cm³/mol. The summed E-state index contributed by atoms with van der Waals surface area (Å²) >= 11 is 0. The number of nitrogen functional groups attached to an aromatic ring is 1. The molecule has 0 saturated heterocycles. The highest BCUT2D eigenvalue weighted by Gasteiger charge is 2.08. The van der Waals surface area contributed by atoms with E-state index in [9.17, 15) is 0 Å². The van der Waals surface area contributed by atoms with E-state index >= 15 is 0 Å². The molecule has 1 aromatic carbocycles. The Morgan fingerprint density at radius 3 is 2.83 bits per heavy atom. The van der Waals surface area contributed by atoms with Crippen molar-refractivity contribution in [3.05, 3.63) is 30.6 Å². The molecule has 1 aromatic heterocycles. The molecule has 0 spiro atoms. The first-order chi connectivity index (χ1) is 8.58. The lowest BCUT2D eigenvalue weighted by molar-refractivity contribution is 0.392. The van der Waals surface area contributed by atoms with Gasteiger partial charge in [0.1, 0.15) is 0 Å². The van der Waals surface area contributed by atoms with E-state index in [1.807, 2.05) is 24.4 Å². The Kier molecular flexibility index (Phi) is 3.67. The van der Waals surface area contributed by atoms with Crippen LogP contribution < -0.4 is 11.1 Å². The van der Waals surface area contributed by atoms with Crippen molar-refractivity contribution in [3.63, 3.8) is 0 Å². The molecule has 0 bridgehead atoms. The van der Waals surface area contributed by atoms with E-state index in [0.717, 1.165) is 28.7 Å². The van der Waals surface area contributed by atoms with Crippen LogP contribution in [0.3, 0.4) is 0 Å². The molecule has 1 atom stereocenters. The molecule has 2 rings (SSSR count). The van der Waals surface area contributed by atoms with Gasteiger partial charge in [0.15, 0.2) is 0 Å². The molecular formula is C14H20N4. The van der Waals surface area contributed by atoms with E-state index < -0.39 is 0 Å². The van der Waals surface area contributed by atoms with Crippen molar-refractivity contribution in [2.75, 3.05) is 31.7 Å². The minimum absolute atomic E-state index is 0.349. The quantitative estimate of drug-likeness (QED) is 0.809. The molecule has 0 radical (unpaired) electrons. The summed E-state index contributed by atoms with van der Waals surface area (Å²) in [6.45, 7) is 3.12. The van der Waals surface area contributed by atoms with Crippen LogP contribution in [0, 0.1) is 0 Å². The summed E-state index contributed by atoms with van der Waals surface area (Å²) in [7, 11) is 4.13. The first kappa shape index (κ1) is 12.6. The maximum absolute atomic E-state index is 6.19. The van der Waals surface area contributed by atoms with Gasteiger partial charge < -0.3 is 16.0 Å². The van der Waals surface area contributed by atoms with E-state index in [1.165, 1.54) is 0 Å². The van der Waals surface area contributed by atoms with Crippen molar-refractivity contribution in [3.8, 4) is 0 Å². The molecule has 0 saturated carbocycles. The van der Waals surface area contributed by atoms with Gasteiger partial charge in [0.25, 0.3) is 0 Å². The third kappa shape index (κ3) is 2.71. The Morgan fingerprint density at radius 2 is 2.11 bits per heavy atom. The number of pyridine rings is 1. The average Bonchev–Trinajstić information content (AvgIpc) is 2.32. The van der Waals surface area contributed by atoms with Gasteiger partial charge in [-0.15, -0.1) is 0 Å². The fourth-order valence-corrected chi connectivity index (χ4v) is 2.18. The number of hydrogen-bond donors (Lipinski definition) is 2. The molecule has 4 nitrogen and oxygen atoms in total. The Labute approximate surface area is 108 Å². The molecule has 1 unspecified atom stereocenters. The van der Waals surface area contributed by atoms with Crippen LogP contribution in [0.1, 0.15) is 6.92 Å². The Bertz CT molecular complexity index is 536. The van der Waals surface area contributed by atoms with Gasteiger partial charge in [0.2, 0.25) is 0 Å². The van der Waals surface area contributed by atoms with Gasteiger partial charge in [-0.25, -0.2) is 0 Å². The van der Waals surface area contributed by atoms with Gasteiger partial charge in [0.05, 0.1) is 11.4 Å². The molecule has 96 valence electrons. The lowest BCUT2D eigenvalue weighted by Crippen LogP contribution is -2.29. The van der Waals surface area contributed by atoms with E-state index in [-0.39, 0.29) is 0 Å². The van der Waals surface area contributed by atoms with Crippen LogP contribution in [0.2, 0.25) is 0 Å². The number of nitrogens with zero attached hydrogens (tertiary/aromatic N) is 2. The molecule has 18 heavy (non-hydrogen) atoms. The van der Waals surface area contributed by atoms with Crippen LogP contribution in [-0.2, 0) is 0 Å². The summed E-state index contributed by atoms with van der Waals surface area (Å²) < 4.78 is 0. The van der Waals surface area contributed by atoms with Crippen molar-refractivity contribution in [1.29, 1.82) is 0 Å². The van der Waals surface area contributed by atoms with E-state index in [2.05, 4.69) is 36.2 Å². The zero-order valence-corrected chi connectivity index (χ0v) is 11.1. The normalized spacial score (nSPS) is 12.9. The highest BCUT2D eigenvalue weighted by Crippen LogP contribution is 2.28. The average molecular weight is 244 g/mol. The number of benzene rings is 1. The molecule has 4 heteroatoms. The van der Waals surface area contributed by atoms with Gasteiger partial charge in [-0.3, -0.25) is 4.98 Å². The summed E-state index contributed by atoms with van der Waals surface area (Å²) in [5, 5.41) is 5.56. The van der Waals surface area contributed by atoms with Crippen LogP contribution in [0.15, 0.2) is 30.6 Å². The van der Waals surface area contributed by atoms with Gasteiger partial charge >= 0.3 is 0 Å². The third-order valence-corrected chi connectivity index (χ3v) is 2.90. The topological polar surface area (TPSA) is 54.2 Å². The van der Waals surface area contributed by atoms with Crippen molar-refractivity contribution < 1.29 is 0 Å². The Hall–Kier alpha value is -1.81. The summed E-state index contributed by atoms with van der Waals surface area (Å²) in [5.41, 5.74) is 7.98. The second-order valence-corrected chi connectivity index (χ2v) is 4.93. The van der Waals surface area contributed by atoms with Gasteiger partial charge in [0, 0.05) is 35.8 Å². The predicted octanol–water partition coefficient (Wildman–Crippen LogP) is 2.18. The van der Waals surface area contributed by atoms with E-state index in [4.69, 9.17) is 5.73 Å². The number of nitrogens with two attached hydrogens (primary N) is 1. The van der Waals surface area contributed by atoms with Crippen molar-refractivity contribution in [1.82, 2.24) is 9.88 Å². The number of fused-ring (bicyclic) bond motifs is 1. The largest absolute Gasteiger partial charge is 0.397 e. The van der Waals surface area contributed by atoms with Crippen molar-refractivity contribution >= 4 is 22.1 Å². The van der Waals surface area contributed by atoms with Gasteiger partial charge in [-0.1, -0.05) is 6.07 Å². The van der Waals surface area contributed by atoms with Gasteiger partial charge in [-0.05, 0) is 33.2 Å². The molecule has 2 aromatic rings. The summed E-state index contributed by atoms with van der Waals surface area (Å²) in [4.78, 5) is 6.25. The minimum atomic E-state index is 0.349. The standard InChI is InChI=1S/C14H20N4/c1-10(9-18(2)3)17-13-5-4-11-8-16-7-6-12(11)14(13)15/h4-8,10,17H,9,15H2,1-3H3. The van der Waals surface area contributed by atoms with Crippen molar-refractivity contribution in [2.24, 2.45) is 0 Å². The highest BCUT2D eigenvalue weighted by molar-refractivity contribution is 5.98. The van der Waals surface area contributed by atoms with Gasteiger partial charge in [-0.2, -0.15) is 0 Å². The number of likely N-dealkylation sites (N-methyl/N-ethyl adjacent to an activating group) is 1. The lowest BCUT2D eigenvalue weighted by Gasteiger charge is -2.21. The molecule has 0 amide bonds. The fourth-order valence-electron chi connectivity index (χ4n) is 2.18. The highest BCUT2D eigenvalue weighted by atomic mass is 15.1. The Morgan fingerprint density at radius 1 is 1.33 bits per heavy atom. The number of aromatic nitrogens is 1. The van der Waals surface area contributed by atoms with E-state index in [0.29, 0.717) is 6.04 Å². The van der Waals surface area contributed by atoms with Crippen molar-refractivity contribution in [2.45, 2.75) is 13.0 Å². The minimum Gasteiger partial charge on any atom is -0.397 e. The van der Waals surface area contributed by atoms with Crippen LogP contribution in [0.4, 0.5) is 11.4 Å². The Balaban J connectivity index is 2.26. The van der Waals surface area contributed by atoms with Crippen LogP contribution in [-0.4, -0.2) is 36.6 Å². The number of hydrogen-bond acceptors (Lipinski definition) is 4. The van der Waals surface area contributed by atoms with E-state index in [1.54, 1.807) is 6.20 Å². The van der Waals surface area contributed by atoms with Crippen LogP contribution >= 0.6 is 0 Å². The first-order valence-corrected chi connectivity index (χ1v) is 6.11. The second-order valence-electron chi connectivity index (χ2n) is 4.93. The molecule has 0 aliphatic carbocycles. The number of rotatable bonds is 4. The fraction of sp³-hybridized carbons (Fsp3) is 0.357. The summed E-state index contributed by atoms with van der Waals surface area (Å²) in [5.74, 6) is 0. The smallest absolute Gasteiger partial charge is 0.0630 e.